The molecule has 0 saturated carbocycles. The lowest BCUT2D eigenvalue weighted by atomic mass is 10.1. The Bertz CT molecular complexity index is 1510. The molecule has 40 heavy (non-hydrogen) atoms. The van der Waals surface area contributed by atoms with Gasteiger partial charge in [-0.05, 0) is 48.2 Å². The number of aryl methyl sites for hydroxylation is 1. The van der Waals surface area contributed by atoms with E-state index in [1.165, 1.54) is 12.1 Å². The average molecular weight is 581 g/mol. The minimum absolute atomic E-state index is 0.0883. The summed E-state index contributed by atoms with van der Waals surface area (Å²) in [5, 5.41) is 13.0. The lowest BCUT2D eigenvalue weighted by Crippen LogP contribution is -2.45. The largest absolute Gasteiger partial charge is 0.390 e. The summed E-state index contributed by atoms with van der Waals surface area (Å²) < 4.78 is 30.6. The molecular weight excluding hydrogens is 548 g/mol. The predicted molar refractivity (Wildman–Crippen MR) is 157 cm³/mol. The zero-order chi connectivity index (χ0) is 28.5. The normalized spacial score (nSPS) is 12.3. The lowest BCUT2D eigenvalue weighted by Gasteiger charge is -2.19. The van der Waals surface area contributed by atoms with Crippen LogP contribution in [0.1, 0.15) is 42.4 Å². The quantitative estimate of drug-likeness (QED) is 0.207. The molecule has 0 radical (unpaired) electrons. The summed E-state index contributed by atoms with van der Waals surface area (Å²) >= 11 is 6.26. The van der Waals surface area contributed by atoms with E-state index in [2.05, 4.69) is 21.9 Å². The number of benzene rings is 3. The van der Waals surface area contributed by atoms with Gasteiger partial charge in [-0.15, -0.1) is 0 Å². The van der Waals surface area contributed by atoms with Crippen LogP contribution in [-0.2, 0) is 40.8 Å². The summed E-state index contributed by atoms with van der Waals surface area (Å²) in [5.74, 6) is 0.352. The molecule has 0 aliphatic heterocycles. The summed E-state index contributed by atoms with van der Waals surface area (Å²) in [6.45, 7) is 2.36. The third-order valence-corrected chi connectivity index (χ3v) is 8.31. The number of halogens is 1. The van der Waals surface area contributed by atoms with Crippen molar-refractivity contribution in [1.29, 1.82) is 0 Å². The lowest BCUT2D eigenvalue weighted by molar-refractivity contribution is -0.117. The number of rotatable bonds is 13. The van der Waals surface area contributed by atoms with Crippen LogP contribution in [0.15, 0.2) is 89.8 Å². The Morgan fingerprint density at radius 3 is 2.25 bits per heavy atom. The maximum atomic E-state index is 13.3. The van der Waals surface area contributed by atoms with E-state index >= 15 is 0 Å². The number of sulfonamides is 1. The van der Waals surface area contributed by atoms with Crippen molar-refractivity contribution in [2.45, 2.75) is 56.7 Å². The van der Waals surface area contributed by atoms with Crippen molar-refractivity contribution in [3.05, 3.63) is 113 Å². The second-order valence-electron chi connectivity index (χ2n) is 9.48. The van der Waals surface area contributed by atoms with Gasteiger partial charge in [0.15, 0.2) is 5.15 Å². The molecule has 0 bridgehead atoms. The van der Waals surface area contributed by atoms with Crippen LogP contribution < -0.4 is 10.0 Å². The van der Waals surface area contributed by atoms with Crippen LogP contribution in [0.25, 0.3) is 0 Å². The molecule has 4 rings (SSSR count). The summed E-state index contributed by atoms with van der Waals surface area (Å²) in [6.07, 6.45) is 2.91. The standard InChI is InChI=1S/C30H33ClN4O4S/c1-2-3-14-28-33-29(31)27(21-36)35(28)20-23-15-17-24(18-16-23)32-30(37)26(19-22-10-6-4-7-11-22)34-40(38,39)25-12-8-5-9-13-25/h4-13,15-18,26,34,36H,2-3,14,19-21H2,1H3,(H,32,37). The molecule has 10 heteroatoms. The summed E-state index contributed by atoms with van der Waals surface area (Å²) in [5.41, 5.74) is 2.86. The van der Waals surface area contributed by atoms with Crippen LogP contribution in [0, 0.1) is 0 Å². The van der Waals surface area contributed by atoms with Crippen LogP contribution in [-0.4, -0.2) is 35.0 Å². The molecule has 8 nitrogen and oxygen atoms in total. The van der Waals surface area contributed by atoms with Crippen LogP contribution >= 0.6 is 11.6 Å². The molecule has 1 amide bonds. The number of nitrogens with one attached hydrogen (secondary N) is 2. The Hall–Kier alpha value is -3.50. The molecule has 0 saturated heterocycles. The molecule has 1 unspecified atom stereocenters. The zero-order valence-electron chi connectivity index (χ0n) is 22.3. The summed E-state index contributed by atoms with van der Waals surface area (Å²) in [4.78, 5) is 17.9. The Labute approximate surface area is 240 Å². The van der Waals surface area contributed by atoms with E-state index in [1.807, 2.05) is 47.0 Å². The van der Waals surface area contributed by atoms with Gasteiger partial charge in [0, 0.05) is 18.7 Å². The fourth-order valence-electron chi connectivity index (χ4n) is 4.37. The first kappa shape index (κ1) is 29.5. The summed E-state index contributed by atoms with van der Waals surface area (Å²) in [7, 11) is -3.92. The molecule has 3 aromatic carbocycles. The first-order valence-electron chi connectivity index (χ1n) is 13.2. The SMILES string of the molecule is CCCCc1nc(Cl)c(CO)n1Cc1ccc(NC(=O)C(Cc2ccccc2)NS(=O)(=O)c2ccccc2)cc1. The molecule has 3 N–H and O–H groups in total. The van der Waals surface area contributed by atoms with Gasteiger partial charge in [-0.25, -0.2) is 13.4 Å². The van der Waals surface area contributed by atoms with Crippen molar-refractivity contribution in [2.24, 2.45) is 0 Å². The van der Waals surface area contributed by atoms with Gasteiger partial charge >= 0.3 is 0 Å². The maximum absolute atomic E-state index is 13.3. The van der Waals surface area contributed by atoms with Crippen molar-refractivity contribution in [1.82, 2.24) is 14.3 Å². The molecule has 0 aliphatic carbocycles. The Kier molecular flexibility index (Phi) is 10.1. The molecule has 0 fully saturated rings. The number of amides is 1. The number of imidazole rings is 1. The highest BCUT2D eigenvalue weighted by Gasteiger charge is 2.26. The number of anilines is 1. The van der Waals surface area contributed by atoms with Crippen molar-refractivity contribution < 1.29 is 18.3 Å². The minimum atomic E-state index is -3.92. The van der Waals surface area contributed by atoms with Gasteiger partial charge in [0.25, 0.3) is 0 Å². The maximum Gasteiger partial charge on any atom is 0.242 e. The van der Waals surface area contributed by atoms with Crippen molar-refractivity contribution in [3.63, 3.8) is 0 Å². The summed E-state index contributed by atoms with van der Waals surface area (Å²) in [6, 6.07) is 23.5. The highest BCUT2D eigenvalue weighted by molar-refractivity contribution is 7.89. The van der Waals surface area contributed by atoms with Gasteiger partial charge in [0.05, 0.1) is 17.2 Å². The molecule has 1 atom stereocenters. The third kappa shape index (κ3) is 7.57. The fourth-order valence-corrected chi connectivity index (χ4v) is 5.84. The van der Waals surface area contributed by atoms with Gasteiger partial charge in [0.2, 0.25) is 15.9 Å². The molecular formula is C30H33ClN4O4S. The van der Waals surface area contributed by atoms with E-state index in [1.54, 1.807) is 30.3 Å². The molecule has 1 aromatic heterocycles. The second kappa shape index (κ2) is 13.7. The molecule has 0 aliphatic rings. The highest BCUT2D eigenvalue weighted by atomic mass is 35.5. The minimum Gasteiger partial charge on any atom is -0.390 e. The number of aliphatic hydroxyl groups excluding tert-OH is 1. The highest BCUT2D eigenvalue weighted by Crippen LogP contribution is 2.22. The second-order valence-corrected chi connectivity index (χ2v) is 11.5. The van der Waals surface area contributed by atoms with E-state index in [0.29, 0.717) is 23.1 Å². The number of carbonyl (C=O) groups is 1. The number of carbonyl (C=O) groups excluding carboxylic acids is 1. The molecule has 0 spiro atoms. The average Bonchev–Trinajstić information content (AvgIpc) is 3.26. The number of aliphatic hydroxyl groups is 1. The van der Waals surface area contributed by atoms with Crippen LogP contribution in [0.4, 0.5) is 5.69 Å². The van der Waals surface area contributed by atoms with E-state index in [4.69, 9.17) is 11.6 Å². The smallest absolute Gasteiger partial charge is 0.242 e. The number of hydrogen-bond donors (Lipinski definition) is 3. The molecule has 1 heterocycles. The first-order valence-corrected chi connectivity index (χ1v) is 15.0. The number of hydrogen-bond acceptors (Lipinski definition) is 5. The topological polar surface area (TPSA) is 113 Å². The van der Waals surface area contributed by atoms with E-state index in [-0.39, 0.29) is 17.9 Å². The number of unbranched alkanes of at least 4 members (excludes halogenated alkanes) is 1. The Morgan fingerprint density at radius 2 is 1.62 bits per heavy atom. The van der Waals surface area contributed by atoms with Crippen LogP contribution in [0.3, 0.4) is 0 Å². The van der Waals surface area contributed by atoms with Crippen molar-refractivity contribution >= 4 is 33.2 Å². The van der Waals surface area contributed by atoms with Gasteiger partial charge < -0.3 is 15.0 Å². The van der Waals surface area contributed by atoms with Crippen LogP contribution in [0.5, 0.6) is 0 Å². The van der Waals surface area contributed by atoms with Gasteiger partial charge in [0.1, 0.15) is 11.9 Å². The van der Waals surface area contributed by atoms with Crippen molar-refractivity contribution in [2.75, 3.05) is 5.32 Å². The Balaban J connectivity index is 1.50. The first-order chi connectivity index (χ1) is 19.3. The molecule has 210 valence electrons. The van der Waals surface area contributed by atoms with E-state index in [9.17, 15) is 18.3 Å². The predicted octanol–water partition coefficient (Wildman–Crippen LogP) is 4.95. The monoisotopic (exact) mass is 580 g/mol. The van der Waals surface area contributed by atoms with E-state index < -0.39 is 22.0 Å². The fraction of sp³-hybridized carbons (Fsp3) is 0.267. The van der Waals surface area contributed by atoms with Gasteiger partial charge in [-0.3, -0.25) is 4.79 Å². The molecule has 4 aromatic rings. The van der Waals surface area contributed by atoms with Crippen molar-refractivity contribution in [3.8, 4) is 0 Å². The van der Waals surface area contributed by atoms with E-state index in [0.717, 1.165) is 36.2 Å². The zero-order valence-corrected chi connectivity index (χ0v) is 23.8. The van der Waals surface area contributed by atoms with Gasteiger partial charge in [-0.2, -0.15) is 4.72 Å². The number of aromatic nitrogens is 2. The number of nitrogens with zero attached hydrogens (tertiary/aromatic N) is 2. The Morgan fingerprint density at radius 1 is 0.975 bits per heavy atom. The van der Waals surface area contributed by atoms with Crippen LogP contribution in [0.2, 0.25) is 5.15 Å². The van der Waals surface area contributed by atoms with Gasteiger partial charge in [-0.1, -0.05) is 85.6 Å². The third-order valence-electron chi connectivity index (χ3n) is 6.52.